The molecule has 1 rings (SSSR count). The van der Waals surface area contributed by atoms with Crippen LogP contribution in [0, 0.1) is 0 Å². The first-order valence-electron chi connectivity index (χ1n) is 6.00. The lowest BCUT2D eigenvalue weighted by Gasteiger charge is -2.29. The maximum Gasteiger partial charge on any atom is 0.239 e. The lowest BCUT2D eigenvalue weighted by molar-refractivity contribution is -0.118. The van der Waals surface area contributed by atoms with Crippen LogP contribution in [0.2, 0.25) is 0 Å². The molecule has 0 radical (unpaired) electrons. The Kier molecular flexibility index (Phi) is 5.45. The molecular weight excluding hydrogens is 230 g/mol. The monoisotopic (exact) mass is 251 g/mol. The normalized spacial score (nSPS) is 11.9. The second-order valence-electron chi connectivity index (χ2n) is 4.12. The summed E-state index contributed by atoms with van der Waals surface area (Å²) in [5.74, 6) is 0.400. The van der Waals surface area contributed by atoms with E-state index in [1.165, 1.54) is 0 Å². The van der Waals surface area contributed by atoms with E-state index in [4.69, 9.17) is 16.2 Å². The average molecular weight is 251 g/mol. The number of rotatable bonds is 7. The number of hydrogen-bond acceptors (Lipinski definition) is 4. The van der Waals surface area contributed by atoms with Gasteiger partial charge in [0.15, 0.2) is 0 Å². The predicted octanol–water partition coefficient (Wildman–Crippen LogP) is 0.724. The molecule has 0 aliphatic rings. The Balaban J connectivity index is 2.96. The van der Waals surface area contributed by atoms with Crippen LogP contribution < -0.4 is 21.1 Å². The molecule has 5 heteroatoms. The number of hydrogen-bond donors (Lipinski definition) is 2. The van der Waals surface area contributed by atoms with E-state index in [1.54, 1.807) is 14.0 Å². The van der Waals surface area contributed by atoms with Gasteiger partial charge in [-0.2, -0.15) is 0 Å². The SMILES string of the molecule is COc1cccc(N(CCCN)C(C)C(N)=O)c1. The van der Waals surface area contributed by atoms with E-state index in [0.29, 0.717) is 13.1 Å². The number of carbonyl (C=O) groups is 1. The van der Waals surface area contributed by atoms with Gasteiger partial charge in [-0.15, -0.1) is 0 Å². The molecule has 0 bridgehead atoms. The summed E-state index contributed by atoms with van der Waals surface area (Å²) in [5.41, 5.74) is 11.8. The van der Waals surface area contributed by atoms with Gasteiger partial charge in [-0.25, -0.2) is 0 Å². The lowest BCUT2D eigenvalue weighted by Crippen LogP contribution is -2.43. The van der Waals surface area contributed by atoms with E-state index < -0.39 is 0 Å². The molecule has 1 atom stereocenters. The standard InChI is InChI=1S/C13H21N3O2/c1-10(13(15)17)16(8-4-7-14)11-5-3-6-12(9-11)18-2/h3,5-6,9-10H,4,7-8,14H2,1-2H3,(H2,15,17). The van der Waals surface area contributed by atoms with Crippen molar-refractivity contribution in [3.63, 3.8) is 0 Å². The van der Waals surface area contributed by atoms with E-state index in [2.05, 4.69) is 0 Å². The Hall–Kier alpha value is -1.75. The van der Waals surface area contributed by atoms with Gasteiger partial charge in [0.2, 0.25) is 5.91 Å². The van der Waals surface area contributed by atoms with Crippen molar-refractivity contribution in [3.05, 3.63) is 24.3 Å². The molecule has 1 unspecified atom stereocenters. The van der Waals surface area contributed by atoms with Crippen LogP contribution in [0.15, 0.2) is 24.3 Å². The van der Waals surface area contributed by atoms with Crippen molar-refractivity contribution in [2.75, 3.05) is 25.1 Å². The number of ether oxygens (including phenoxy) is 1. The Morgan fingerprint density at radius 3 is 2.78 bits per heavy atom. The molecule has 1 aromatic rings. The van der Waals surface area contributed by atoms with E-state index in [9.17, 15) is 4.79 Å². The van der Waals surface area contributed by atoms with Gasteiger partial charge >= 0.3 is 0 Å². The molecule has 0 spiro atoms. The van der Waals surface area contributed by atoms with Gasteiger partial charge in [0.05, 0.1) is 7.11 Å². The van der Waals surface area contributed by atoms with Crippen LogP contribution in [-0.2, 0) is 4.79 Å². The lowest BCUT2D eigenvalue weighted by atomic mass is 10.2. The number of carbonyl (C=O) groups excluding carboxylic acids is 1. The molecule has 1 amide bonds. The van der Waals surface area contributed by atoms with Crippen molar-refractivity contribution >= 4 is 11.6 Å². The zero-order chi connectivity index (χ0) is 13.5. The van der Waals surface area contributed by atoms with Crippen molar-refractivity contribution in [2.24, 2.45) is 11.5 Å². The third-order valence-electron chi connectivity index (χ3n) is 2.87. The van der Waals surface area contributed by atoms with Gasteiger partial charge in [0.1, 0.15) is 11.8 Å². The maximum absolute atomic E-state index is 11.3. The molecule has 1 aromatic carbocycles. The fourth-order valence-electron chi connectivity index (χ4n) is 1.75. The summed E-state index contributed by atoms with van der Waals surface area (Å²) in [6.45, 7) is 3.05. The third-order valence-corrected chi connectivity index (χ3v) is 2.87. The van der Waals surface area contributed by atoms with Gasteiger partial charge in [-0.3, -0.25) is 4.79 Å². The van der Waals surface area contributed by atoms with Crippen molar-refractivity contribution in [2.45, 2.75) is 19.4 Å². The van der Waals surface area contributed by atoms with E-state index in [-0.39, 0.29) is 11.9 Å². The van der Waals surface area contributed by atoms with Crippen LogP contribution in [0.25, 0.3) is 0 Å². The Morgan fingerprint density at radius 2 is 2.22 bits per heavy atom. The predicted molar refractivity (Wildman–Crippen MR) is 72.7 cm³/mol. The zero-order valence-corrected chi connectivity index (χ0v) is 10.9. The highest BCUT2D eigenvalue weighted by Crippen LogP contribution is 2.22. The van der Waals surface area contributed by atoms with Crippen LogP contribution in [0.5, 0.6) is 5.75 Å². The molecule has 0 aliphatic heterocycles. The largest absolute Gasteiger partial charge is 0.497 e. The number of nitrogens with zero attached hydrogens (tertiary/aromatic N) is 1. The minimum atomic E-state index is -0.372. The number of methoxy groups -OCH3 is 1. The van der Waals surface area contributed by atoms with Crippen LogP contribution >= 0.6 is 0 Å². The number of amides is 1. The Labute approximate surface area is 108 Å². The Morgan fingerprint density at radius 1 is 1.50 bits per heavy atom. The number of primary amides is 1. The van der Waals surface area contributed by atoms with Crippen molar-refractivity contribution < 1.29 is 9.53 Å². The van der Waals surface area contributed by atoms with E-state index in [0.717, 1.165) is 17.9 Å². The third kappa shape index (κ3) is 3.63. The van der Waals surface area contributed by atoms with Gasteiger partial charge < -0.3 is 21.1 Å². The van der Waals surface area contributed by atoms with Crippen molar-refractivity contribution in [3.8, 4) is 5.75 Å². The summed E-state index contributed by atoms with van der Waals surface area (Å²) in [6, 6.07) is 7.19. The number of nitrogens with two attached hydrogens (primary N) is 2. The molecule has 4 N–H and O–H groups in total. The fourth-order valence-corrected chi connectivity index (χ4v) is 1.75. The van der Waals surface area contributed by atoms with Gasteiger partial charge in [-0.1, -0.05) is 6.07 Å². The second kappa shape index (κ2) is 6.86. The molecule has 18 heavy (non-hydrogen) atoms. The molecule has 0 heterocycles. The molecule has 5 nitrogen and oxygen atoms in total. The highest BCUT2D eigenvalue weighted by molar-refractivity contribution is 5.83. The minimum absolute atomic E-state index is 0.352. The quantitative estimate of drug-likeness (QED) is 0.748. The molecule has 0 aliphatic carbocycles. The average Bonchev–Trinajstić information content (AvgIpc) is 2.39. The molecule has 0 aromatic heterocycles. The maximum atomic E-state index is 11.3. The van der Waals surface area contributed by atoms with Gasteiger partial charge in [0, 0.05) is 18.3 Å². The molecule has 100 valence electrons. The van der Waals surface area contributed by atoms with Crippen LogP contribution in [0.4, 0.5) is 5.69 Å². The van der Waals surface area contributed by atoms with Crippen LogP contribution in [0.3, 0.4) is 0 Å². The summed E-state index contributed by atoms with van der Waals surface area (Å²) >= 11 is 0. The smallest absolute Gasteiger partial charge is 0.239 e. The molecule has 0 fully saturated rings. The molecule has 0 saturated carbocycles. The summed E-state index contributed by atoms with van der Waals surface area (Å²) < 4.78 is 5.18. The second-order valence-corrected chi connectivity index (χ2v) is 4.12. The van der Waals surface area contributed by atoms with Crippen LogP contribution in [-0.4, -0.2) is 32.1 Å². The van der Waals surface area contributed by atoms with E-state index in [1.807, 2.05) is 29.2 Å². The van der Waals surface area contributed by atoms with Crippen molar-refractivity contribution in [1.82, 2.24) is 0 Å². The summed E-state index contributed by atoms with van der Waals surface area (Å²) in [4.78, 5) is 13.3. The first-order valence-corrected chi connectivity index (χ1v) is 6.00. The summed E-state index contributed by atoms with van der Waals surface area (Å²) in [5, 5.41) is 0. The molecular formula is C13H21N3O2. The first kappa shape index (κ1) is 14.3. The van der Waals surface area contributed by atoms with Gasteiger partial charge in [0.25, 0.3) is 0 Å². The summed E-state index contributed by atoms with van der Waals surface area (Å²) in [7, 11) is 1.61. The Bertz CT molecular complexity index is 396. The summed E-state index contributed by atoms with van der Waals surface area (Å²) in [6.07, 6.45) is 0.800. The first-order chi connectivity index (χ1) is 8.60. The van der Waals surface area contributed by atoms with E-state index >= 15 is 0 Å². The fraction of sp³-hybridized carbons (Fsp3) is 0.462. The van der Waals surface area contributed by atoms with Gasteiger partial charge in [-0.05, 0) is 32.0 Å². The highest BCUT2D eigenvalue weighted by atomic mass is 16.5. The number of benzene rings is 1. The van der Waals surface area contributed by atoms with Crippen molar-refractivity contribution in [1.29, 1.82) is 0 Å². The molecule has 0 saturated heterocycles. The minimum Gasteiger partial charge on any atom is -0.497 e. The highest BCUT2D eigenvalue weighted by Gasteiger charge is 2.19. The zero-order valence-electron chi connectivity index (χ0n) is 10.9. The topological polar surface area (TPSA) is 81.6 Å². The van der Waals surface area contributed by atoms with Crippen LogP contribution in [0.1, 0.15) is 13.3 Å². The number of anilines is 1.